The predicted octanol–water partition coefficient (Wildman–Crippen LogP) is 0.157. The molecule has 2 aromatic rings. The molecular weight excluding hydrogens is 410 g/mol. The lowest BCUT2D eigenvalue weighted by atomic mass is 10.00. The van der Waals surface area contributed by atoms with E-state index in [0.717, 1.165) is 12.6 Å². The van der Waals surface area contributed by atoms with Crippen LogP contribution in [0.2, 0.25) is 0 Å². The van der Waals surface area contributed by atoms with Gasteiger partial charge in [-0.3, -0.25) is 14.2 Å². The number of hydrogen-bond donors (Lipinski definition) is 1. The number of likely N-dealkylation sites (tertiary alicyclic amines) is 1. The third-order valence-corrected chi connectivity index (χ3v) is 7.66. The van der Waals surface area contributed by atoms with E-state index in [4.69, 9.17) is 9.90 Å². The van der Waals surface area contributed by atoms with Gasteiger partial charge in [-0.15, -0.1) is 10.2 Å². The van der Waals surface area contributed by atoms with Crippen molar-refractivity contribution < 1.29 is 23.1 Å². The summed E-state index contributed by atoms with van der Waals surface area (Å²) in [5, 5.41) is 14.5. The molecule has 1 N–H and O–H groups in total. The minimum Gasteiger partial charge on any atom is -0.481 e. The molecule has 0 unspecified atom stereocenters. The molecule has 162 valence electrons. The summed E-state index contributed by atoms with van der Waals surface area (Å²) in [5.41, 5.74) is 1.33. The topological polar surface area (TPSA) is 126 Å². The molecule has 0 radical (unpaired) electrons. The second-order valence-corrected chi connectivity index (χ2v) is 9.98. The number of fused-ring (bicyclic) bond motifs is 1. The Morgan fingerprint density at radius 3 is 2.40 bits per heavy atom. The number of benzene rings is 1. The molecule has 10 nitrogen and oxygen atoms in total. The van der Waals surface area contributed by atoms with E-state index in [0.29, 0.717) is 12.1 Å². The lowest BCUT2D eigenvalue weighted by molar-refractivity contribution is -0.134. The molecule has 0 spiro atoms. The fraction of sp³-hybridized carbons (Fsp3) is 0.474. The monoisotopic (exact) mass is 435 g/mol. The average molecular weight is 436 g/mol. The maximum absolute atomic E-state index is 13.0. The van der Waals surface area contributed by atoms with E-state index in [1.807, 2.05) is 25.1 Å². The zero-order valence-corrected chi connectivity index (χ0v) is 17.9. The molecule has 1 amide bonds. The summed E-state index contributed by atoms with van der Waals surface area (Å²) in [7, 11) is 0.630. The first-order valence-corrected chi connectivity index (χ1v) is 11.1. The van der Waals surface area contributed by atoms with Crippen LogP contribution in [0.5, 0.6) is 0 Å². The zero-order valence-electron chi connectivity index (χ0n) is 17.0. The molecule has 3 atom stereocenters. The van der Waals surface area contributed by atoms with E-state index >= 15 is 0 Å². The van der Waals surface area contributed by atoms with Gasteiger partial charge in [0.25, 0.3) is 11.9 Å². The van der Waals surface area contributed by atoms with Crippen molar-refractivity contribution in [2.45, 2.75) is 18.2 Å². The van der Waals surface area contributed by atoms with Crippen LogP contribution < -0.4 is 0 Å². The van der Waals surface area contributed by atoms with Gasteiger partial charge >= 0.3 is 0 Å². The number of hydrogen-bond acceptors (Lipinski definition) is 7. The molecule has 11 heteroatoms. The molecule has 4 rings (SSSR count). The van der Waals surface area contributed by atoms with Crippen LogP contribution in [0.1, 0.15) is 17.3 Å². The second kappa shape index (κ2) is 8.52. The number of aliphatic carboxylic acids is 1. The van der Waals surface area contributed by atoms with Crippen molar-refractivity contribution in [1.29, 1.82) is 0 Å². The van der Waals surface area contributed by atoms with Gasteiger partial charge < -0.3 is 14.9 Å². The Labute approximate surface area is 175 Å². The molecule has 1 aromatic carbocycles. The summed E-state index contributed by atoms with van der Waals surface area (Å²) in [6, 6.07) is 7.16. The molecule has 1 aromatic heterocycles. The second-order valence-electron chi connectivity index (χ2n) is 7.71. The van der Waals surface area contributed by atoms with E-state index in [1.54, 1.807) is 40.3 Å². The fourth-order valence-electron chi connectivity index (χ4n) is 4.05. The highest BCUT2D eigenvalue weighted by molar-refractivity contribution is 7.92. The number of carbonyl (C=O) groups is 2. The summed E-state index contributed by atoms with van der Waals surface area (Å²) < 4.78 is 26.7. The Hall–Kier alpha value is -2.79. The minimum absolute atomic E-state index is 0.0278. The lowest BCUT2D eigenvalue weighted by Crippen LogP contribution is -2.38. The first-order chi connectivity index (χ1) is 14.1. The molecular formula is C19H25N5O5S. The molecule has 30 heavy (non-hydrogen) atoms. The van der Waals surface area contributed by atoms with Crippen LogP contribution in [0, 0.1) is 5.92 Å². The Morgan fingerprint density at radius 2 is 1.80 bits per heavy atom. The lowest BCUT2D eigenvalue weighted by Gasteiger charge is -2.25. The summed E-state index contributed by atoms with van der Waals surface area (Å²) >= 11 is 0. The van der Waals surface area contributed by atoms with E-state index in [9.17, 15) is 13.2 Å². The summed E-state index contributed by atoms with van der Waals surface area (Å²) in [4.78, 5) is 25.6. The van der Waals surface area contributed by atoms with E-state index < -0.39 is 21.1 Å². The zero-order chi connectivity index (χ0) is 22.1. The number of carboxylic acids is 1. The van der Waals surface area contributed by atoms with Gasteiger partial charge in [0.15, 0.2) is 9.84 Å². The van der Waals surface area contributed by atoms with E-state index in [1.165, 1.54) is 0 Å². The van der Waals surface area contributed by atoms with Crippen LogP contribution >= 0.6 is 0 Å². The van der Waals surface area contributed by atoms with Crippen LogP contribution in [0.15, 0.2) is 36.9 Å². The molecule has 3 heterocycles. The Bertz CT molecular complexity index is 1020. The quantitative estimate of drug-likeness (QED) is 0.723. The van der Waals surface area contributed by atoms with Gasteiger partial charge in [0.2, 0.25) is 0 Å². The highest BCUT2D eigenvalue weighted by atomic mass is 32.2. The number of rotatable bonds is 3. The normalized spacial score (nSPS) is 24.3. The molecule has 0 aliphatic carbocycles. The van der Waals surface area contributed by atoms with Gasteiger partial charge in [-0.2, -0.15) is 0 Å². The number of carbonyl (C=O) groups excluding carboxylic acids is 1. The van der Waals surface area contributed by atoms with E-state index in [-0.39, 0.29) is 30.2 Å². The van der Waals surface area contributed by atoms with Crippen LogP contribution in [0.4, 0.5) is 0 Å². The third kappa shape index (κ3) is 4.51. The molecule has 2 fully saturated rings. The molecule has 2 saturated heterocycles. The molecule has 0 saturated carbocycles. The summed E-state index contributed by atoms with van der Waals surface area (Å²) in [5.74, 6) is -0.817. The highest BCUT2D eigenvalue weighted by Crippen LogP contribution is 2.36. The molecule has 0 bridgehead atoms. The highest BCUT2D eigenvalue weighted by Gasteiger charge is 2.53. The number of nitrogens with zero attached hydrogens (tertiary/aromatic N) is 5. The van der Waals surface area contributed by atoms with Gasteiger partial charge in [0, 0.05) is 43.2 Å². The van der Waals surface area contributed by atoms with Crippen molar-refractivity contribution in [2.75, 3.05) is 32.9 Å². The Kier molecular flexibility index (Phi) is 6.22. The number of amides is 1. The van der Waals surface area contributed by atoms with Crippen molar-refractivity contribution in [1.82, 2.24) is 24.6 Å². The van der Waals surface area contributed by atoms with Crippen LogP contribution in [0.3, 0.4) is 0 Å². The number of sulfone groups is 1. The summed E-state index contributed by atoms with van der Waals surface area (Å²) in [6.07, 6.45) is 3.14. The third-order valence-electron chi connectivity index (χ3n) is 5.43. The standard InChI is InChI=1S/C17H21N5O3S.C2H4O2/c1-20(2)15-9-26(24,25)16-8-21(7-14(15)16)17(23)12-4-3-5-13(6-12)22-10-18-19-11-22;1-2(3)4/h3-6,10-11,14-16H,7-9H2,1-2H3;1H3,(H,3,4)/t14-,15+,16-;/m0./s1. The first kappa shape index (κ1) is 21.9. The van der Waals surface area contributed by atoms with Crippen molar-refractivity contribution in [3.63, 3.8) is 0 Å². The van der Waals surface area contributed by atoms with Crippen LogP contribution in [0.25, 0.3) is 5.69 Å². The van der Waals surface area contributed by atoms with Crippen molar-refractivity contribution in [2.24, 2.45) is 5.92 Å². The number of carboxylic acid groups (broad SMARTS) is 1. The molecule has 2 aliphatic rings. The predicted molar refractivity (Wildman–Crippen MR) is 109 cm³/mol. The van der Waals surface area contributed by atoms with Gasteiger partial charge in [-0.05, 0) is 32.3 Å². The number of aromatic nitrogens is 3. The van der Waals surface area contributed by atoms with E-state index in [2.05, 4.69) is 10.2 Å². The SMILES string of the molecule is CC(=O)O.CN(C)[C@@H]1CS(=O)(=O)[C@H]2CN(C(=O)c3cccc(-n4cnnc4)c3)C[C@@H]12. The van der Waals surface area contributed by atoms with Crippen molar-refractivity contribution >= 4 is 21.7 Å². The maximum atomic E-state index is 13.0. The van der Waals surface area contributed by atoms with Gasteiger partial charge in [0.05, 0.1) is 11.0 Å². The van der Waals surface area contributed by atoms with Crippen molar-refractivity contribution in [3.05, 3.63) is 42.5 Å². The Balaban J connectivity index is 0.000000589. The maximum Gasteiger partial charge on any atom is 0.300 e. The average Bonchev–Trinajstić information content (AvgIpc) is 3.39. The molecule has 2 aliphatic heterocycles. The summed E-state index contributed by atoms with van der Waals surface area (Å²) in [6.45, 7) is 1.83. The smallest absolute Gasteiger partial charge is 0.300 e. The Morgan fingerprint density at radius 1 is 1.17 bits per heavy atom. The largest absolute Gasteiger partial charge is 0.481 e. The van der Waals surface area contributed by atoms with Crippen LogP contribution in [-0.2, 0) is 14.6 Å². The minimum atomic E-state index is -3.17. The fourth-order valence-corrected chi connectivity index (χ4v) is 6.52. The van der Waals surface area contributed by atoms with Gasteiger partial charge in [-0.1, -0.05) is 6.07 Å². The van der Waals surface area contributed by atoms with Crippen LogP contribution in [-0.4, -0.2) is 94.2 Å². The van der Waals surface area contributed by atoms with Gasteiger partial charge in [0.1, 0.15) is 12.7 Å². The van der Waals surface area contributed by atoms with Crippen molar-refractivity contribution in [3.8, 4) is 5.69 Å². The first-order valence-electron chi connectivity index (χ1n) is 9.42. The van der Waals surface area contributed by atoms with Gasteiger partial charge in [-0.25, -0.2) is 8.42 Å².